The summed E-state index contributed by atoms with van der Waals surface area (Å²) in [6.45, 7) is 11.7. The molecule has 0 aromatic heterocycles. The lowest BCUT2D eigenvalue weighted by molar-refractivity contribution is 0.118. The molecule has 0 amide bonds. The molecule has 0 aromatic carbocycles. The predicted octanol–water partition coefficient (Wildman–Crippen LogP) is 2.12. The van der Waals surface area contributed by atoms with Crippen LogP contribution in [0.2, 0.25) is 0 Å². The van der Waals surface area contributed by atoms with Crippen molar-refractivity contribution in [3.8, 4) is 0 Å². The van der Waals surface area contributed by atoms with Crippen LogP contribution in [0.4, 0.5) is 0 Å². The Kier molecular flexibility index (Phi) is 3.80. The summed E-state index contributed by atoms with van der Waals surface area (Å²) in [5.41, 5.74) is 0.272. The Bertz CT molecular complexity index is 484. The van der Waals surface area contributed by atoms with Gasteiger partial charge in [0.05, 0.1) is 6.26 Å². The van der Waals surface area contributed by atoms with Gasteiger partial charge in [-0.3, -0.25) is 0 Å². The molecular weight excluding hydrogens is 272 g/mol. The minimum absolute atomic E-state index is 0.332. The van der Waals surface area contributed by atoms with Gasteiger partial charge in [-0.05, 0) is 49.9 Å². The highest BCUT2D eigenvalue weighted by molar-refractivity contribution is 7.88. The lowest BCUT2D eigenvalue weighted by atomic mass is 9.69. The van der Waals surface area contributed by atoms with Crippen molar-refractivity contribution in [2.45, 2.75) is 65.5 Å². The van der Waals surface area contributed by atoms with E-state index in [0.29, 0.717) is 23.4 Å². The van der Waals surface area contributed by atoms with Gasteiger partial charge >= 0.3 is 0 Å². The first-order chi connectivity index (χ1) is 8.87. The molecule has 2 fully saturated rings. The molecule has 3 atom stereocenters. The SMILES string of the molecule is CC(C)(CNC1CC2CCC1(C)C2(C)C)NS(C)(=O)=O. The van der Waals surface area contributed by atoms with E-state index < -0.39 is 15.6 Å². The Labute approximate surface area is 124 Å². The van der Waals surface area contributed by atoms with Crippen molar-refractivity contribution in [2.24, 2.45) is 16.7 Å². The Hall–Kier alpha value is -0.130. The fourth-order valence-electron chi connectivity index (χ4n) is 4.43. The largest absolute Gasteiger partial charge is 0.312 e. The molecule has 2 rings (SSSR count). The normalized spacial score (nSPS) is 36.5. The van der Waals surface area contributed by atoms with Gasteiger partial charge in [0, 0.05) is 18.1 Å². The summed E-state index contributed by atoms with van der Waals surface area (Å²) in [6, 6.07) is 0.497. The van der Waals surface area contributed by atoms with Gasteiger partial charge in [-0.2, -0.15) is 0 Å². The molecule has 0 aliphatic heterocycles. The smallest absolute Gasteiger partial charge is 0.209 e. The molecule has 2 saturated carbocycles. The number of rotatable bonds is 5. The maximum atomic E-state index is 11.4. The summed E-state index contributed by atoms with van der Waals surface area (Å²) in [6.07, 6.45) is 5.06. The molecule has 20 heavy (non-hydrogen) atoms. The number of hydrogen-bond donors (Lipinski definition) is 2. The molecule has 2 aliphatic rings. The summed E-state index contributed by atoms with van der Waals surface area (Å²) < 4.78 is 25.5. The molecule has 118 valence electrons. The van der Waals surface area contributed by atoms with E-state index in [0.717, 1.165) is 5.92 Å². The molecule has 0 spiro atoms. The van der Waals surface area contributed by atoms with Gasteiger partial charge in [0.25, 0.3) is 0 Å². The van der Waals surface area contributed by atoms with Gasteiger partial charge in [0.2, 0.25) is 10.0 Å². The molecule has 2 N–H and O–H groups in total. The molecule has 0 aromatic rings. The first-order valence-corrected chi connectivity index (χ1v) is 9.49. The van der Waals surface area contributed by atoms with Crippen molar-refractivity contribution in [3.05, 3.63) is 0 Å². The van der Waals surface area contributed by atoms with Crippen molar-refractivity contribution in [1.29, 1.82) is 0 Å². The first kappa shape index (κ1) is 16.2. The molecule has 0 saturated heterocycles. The lowest BCUT2D eigenvalue weighted by Gasteiger charge is -2.41. The number of nitrogens with one attached hydrogen (secondary N) is 2. The molecule has 5 heteroatoms. The third-order valence-electron chi connectivity index (χ3n) is 6.05. The molecule has 4 nitrogen and oxygen atoms in total. The van der Waals surface area contributed by atoms with E-state index in [-0.39, 0.29) is 0 Å². The molecule has 2 bridgehead atoms. The summed E-state index contributed by atoms with van der Waals surface area (Å²) in [5, 5.41) is 3.65. The summed E-state index contributed by atoms with van der Waals surface area (Å²) in [7, 11) is -3.17. The summed E-state index contributed by atoms with van der Waals surface area (Å²) >= 11 is 0. The zero-order valence-electron chi connectivity index (χ0n) is 13.7. The fraction of sp³-hybridized carbons (Fsp3) is 1.00. The van der Waals surface area contributed by atoms with Gasteiger partial charge in [0.1, 0.15) is 0 Å². The van der Waals surface area contributed by atoms with Crippen LogP contribution in [0.5, 0.6) is 0 Å². The summed E-state index contributed by atoms with van der Waals surface area (Å²) in [5.74, 6) is 0.802. The van der Waals surface area contributed by atoms with Gasteiger partial charge in [0.15, 0.2) is 0 Å². The topological polar surface area (TPSA) is 58.2 Å². The maximum absolute atomic E-state index is 11.4. The molecule has 0 heterocycles. The van der Waals surface area contributed by atoms with E-state index in [2.05, 4.69) is 30.8 Å². The van der Waals surface area contributed by atoms with Crippen LogP contribution < -0.4 is 10.0 Å². The van der Waals surface area contributed by atoms with Crippen LogP contribution in [0.1, 0.15) is 53.9 Å². The average Bonchev–Trinajstić information content (AvgIpc) is 2.55. The third-order valence-corrected chi connectivity index (χ3v) is 6.97. The van der Waals surface area contributed by atoms with Crippen molar-refractivity contribution < 1.29 is 8.42 Å². The Balaban J connectivity index is 2.00. The van der Waals surface area contributed by atoms with Gasteiger partial charge in [-0.25, -0.2) is 13.1 Å². The van der Waals surface area contributed by atoms with Crippen molar-refractivity contribution in [2.75, 3.05) is 12.8 Å². The van der Waals surface area contributed by atoms with E-state index in [1.165, 1.54) is 25.5 Å². The van der Waals surface area contributed by atoms with Crippen LogP contribution in [0, 0.1) is 16.7 Å². The highest BCUT2D eigenvalue weighted by atomic mass is 32.2. The number of fused-ring (bicyclic) bond motifs is 2. The van der Waals surface area contributed by atoms with Crippen LogP contribution >= 0.6 is 0 Å². The van der Waals surface area contributed by atoms with Crippen LogP contribution in [0.25, 0.3) is 0 Å². The van der Waals surface area contributed by atoms with Gasteiger partial charge in [-0.15, -0.1) is 0 Å². The molecule has 2 aliphatic carbocycles. The van der Waals surface area contributed by atoms with Crippen LogP contribution in [0.3, 0.4) is 0 Å². The minimum atomic E-state index is -3.17. The minimum Gasteiger partial charge on any atom is -0.312 e. The average molecular weight is 302 g/mol. The van der Waals surface area contributed by atoms with E-state index in [4.69, 9.17) is 0 Å². The van der Waals surface area contributed by atoms with Crippen LogP contribution in [-0.2, 0) is 10.0 Å². The van der Waals surface area contributed by atoms with Crippen molar-refractivity contribution >= 4 is 10.0 Å². The fourth-order valence-corrected chi connectivity index (χ4v) is 5.50. The molecular formula is C15H30N2O2S. The van der Waals surface area contributed by atoms with Gasteiger partial charge in [-0.1, -0.05) is 20.8 Å². The second-order valence-corrected chi connectivity index (χ2v) is 10.1. The summed E-state index contributed by atoms with van der Waals surface area (Å²) in [4.78, 5) is 0. The first-order valence-electron chi connectivity index (χ1n) is 7.60. The van der Waals surface area contributed by atoms with Crippen LogP contribution in [0.15, 0.2) is 0 Å². The standard InChI is InChI=1S/C15H30N2O2S/c1-13(2,17-20(6,18)19)10-16-12-9-11-7-8-15(12,5)14(11,3)4/h11-12,16-17H,7-10H2,1-6H3. The van der Waals surface area contributed by atoms with Crippen LogP contribution in [-0.4, -0.2) is 32.8 Å². The van der Waals surface area contributed by atoms with Crippen molar-refractivity contribution in [1.82, 2.24) is 10.0 Å². The Morgan fingerprint density at radius 3 is 2.25 bits per heavy atom. The van der Waals surface area contributed by atoms with Gasteiger partial charge < -0.3 is 5.32 Å². The Morgan fingerprint density at radius 2 is 1.85 bits per heavy atom. The second-order valence-electron chi connectivity index (χ2n) is 8.30. The highest BCUT2D eigenvalue weighted by Crippen LogP contribution is 2.65. The number of hydrogen-bond acceptors (Lipinski definition) is 3. The third kappa shape index (κ3) is 2.77. The quantitative estimate of drug-likeness (QED) is 0.818. The van der Waals surface area contributed by atoms with E-state index in [1.807, 2.05) is 13.8 Å². The highest BCUT2D eigenvalue weighted by Gasteiger charge is 2.61. The van der Waals surface area contributed by atoms with E-state index in [1.54, 1.807) is 0 Å². The Morgan fingerprint density at radius 1 is 1.25 bits per heavy atom. The van der Waals surface area contributed by atoms with E-state index in [9.17, 15) is 8.42 Å². The molecule has 0 radical (unpaired) electrons. The zero-order chi connectivity index (χ0) is 15.4. The monoisotopic (exact) mass is 302 g/mol. The van der Waals surface area contributed by atoms with E-state index >= 15 is 0 Å². The lowest BCUT2D eigenvalue weighted by Crippen LogP contribution is -2.54. The maximum Gasteiger partial charge on any atom is 0.209 e. The zero-order valence-corrected chi connectivity index (χ0v) is 14.5. The molecule has 3 unspecified atom stereocenters. The van der Waals surface area contributed by atoms with Crippen molar-refractivity contribution in [3.63, 3.8) is 0 Å². The number of sulfonamides is 1. The predicted molar refractivity (Wildman–Crippen MR) is 83.1 cm³/mol. The second kappa shape index (κ2) is 4.68.